The first-order valence-corrected chi connectivity index (χ1v) is 8.73. The van der Waals surface area contributed by atoms with Crippen LogP contribution >= 0.6 is 0 Å². The van der Waals surface area contributed by atoms with Crippen LogP contribution in [-0.2, 0) is 19.0 Å². The van der Waals surface area contributed by atoms with E-state index in [2.05, 4.69) is 15.5 Å². The van der Waals surface area contributed by atoms with Crippen molar-refractivity contribution in [2.45, 2.75) is 37.1 Å². The largest absolute Gasteiger partial charge is 0.469 e. The lowest BCUT2D eigenvalue weighted by Crippen LogP contribution is -2.65. The van der Waals surface area contributed by atoms with E-state index in [1.54, 1.807) is 0 Å². The van der Waals surface area contributed by atoms with Gasteiger partial charge in [-0.1, -0.05) is 0 Å². The molecule has 0 aliphatic carbocycles. The third kappa shape index (κ3) is 2.76. The Labute approximate surface area is 141 Å². The van der Waals surface area contributed by atoms with Gasteiger partial charge in [0.25, 0.3) is 0 Å². The minimum Gasteiger partial charge on any atom is -0.469 e. The maximum absolute atomic E-state index is 12.1. The highest BCUT2D eigenvalue weighted by Crippen LogP contribution is 2.36. The van der Waals surface area contributed by atoms with Gasteiger partial charge < -0.3 is 19.5 Å². The lowest BCUT2D eigenvalue weighted by Gasteiger charge is -2.49. The predicted molar refractivity (Wildman–Crippen MR) is 83.2 cm³/mol. The molecule has 4 heterocycles. The Morgan fingerprint density at radius 2 is 2.12 bits per heavy atom. The zero-order valence-corrected chi connectivity index (χ0v) is 14.0. The Morgan fingerprint density at radius 1 is 1.33 bits per heavy atom. The second kappa shape index (κ2) is 6.16. The van der Waals surface area contributed by atoms with Crippen LogP contribution in [0, 0.1) is 11.8 Å². The topological polar surface area (TPSA) is 89.1 Å². The summed E-state index contributed by atoms with van der Waals surface area (Å²) in [5, 5.41) is 6.35. The number of nitrogens with zero attached hydrogens (tertiary/aromatic N) is 1. The minimum absolute atomic E-state index is 0.0109. The molecule has 24 heavy (non-hydrogen) atoms. The van der Waals surface area contributed by atoms with E-state index in [0.717, 1.165) is 32.4 Å². The first-order chi connectivity index (χ1) is 11.6. The molecule has 4 rings (SSSR count). The number of carbonyl (C=O) groups excluding carboxylic acids is 2. The molecule has 1 spiro atoms. The van der Waals surface area contributed by atoms with E-state index in [-0.39, 0.29) is 41.7 Å². The Bertz CT molecular complexity index is 506. The van der Waals surface area contributed by atoms with Crippen molar-refractivity contribution in [2.75, 3.05) is 40.0 Å². The van der Waals surface area contributed by atoms with E-state index in [9.17, 15) is 9.59 Å². The SMILES string of the molecule is COC(=O)C1C2COCC1NC(N1CCC3(CC1)CNC(=O)O3)C2. The highest BCUT2D eigenvalue weighted by Gasteiger charge is 2.49. The molecule has 8 nitrogen and oxygen atoms in total. The number of esters is 1. The smallest absolute Gasteiger partial charge is 0.407 e. The monoisotopic (exact) mass is 339 g/mol. The highest BCUT2D eigenvalue weighted by molar-refractivity contribution is 5.74. The van der Waals surface area contributed by atoms with Gasteiger partial charge in [-0.05, 0) is 12.3 Å². The second-order valence-corrected chi connectivity index (χ2v) is 7.33. The molecule has 0 aromatic rings. The minimum atomic E-state index is -0.324. The molecule has 4 fully saturated rings. The molecule has 0 aromatic heterocycles. The van der Waals surface area contributed by atoms with Crippen LogP contribution in [0.15, 0.2) is 0 Å². The van der Waals surface area contributed by atoms with Crippen molar-refractivity contribution in [3.63, 3.8) is 0 Å². The van der Waals surface area contributed by atoms with Gasteiger partial charge in [0.1, 0.15) is 5.60 Å². The van der Waals surface area contributed by atoms with Crippen molar-refractivity contribution in [3.05, 3.63) is 0 Å². The summed E-state index contributed by atoms with van der Waals surface area (Å²) in [5.41, 5.74) is -0.324. The van der Waals surface area contributed by atoms with Gasteiger partial charge >= 0.3 is 12.1 Å². The molecular weight excluding hydrogens is 314 g/mol. The summed E-state index contributed by atoms with van der Waals surface area (Å²) in [6, 6.07) is 0.0109. The molecule has 4 aliphatic rings. The molecule has 4 saturated heterocycles. The number of alkyl carbamates (subject to hydrolysis) is 1. The second-order valence-electron chi connectivity index (χ2n) is 7.33. The lowest BCUT2D eigenvalue weighted by molar-refractivity contribution is -0.160. The third-order valence-corrected chi connectivity index (χ3v) is 5.99. The van der Waals surface area contributed by atoms with Crippen molar-refractivity contribution in [3.8, 4) is 0 Å². The van der Waals surface area contributed by atoms with Crippen LogP contribution < -0.4 is 10.6 Å². The Hall–Kier alpha value is -1.38. The number of methoxy groups -OCH3 is 1. The van der Waals surface area contributed by atoms with Crippen molar-refractivity contribution in [2.24, 2.45) is 11.8 Å². The number of likely N-dealkylation sites (tertiary alicyclic amines) is 1. The number of hydrogen-bond donors (Lipinski definition) is 2. The number of fused-ring (bicyclic) bond motifs is 2. The van der Waals surface area contributed by atoms with Gasteiger partial charge in [-0.25, -0.2) is 4.79 Å². The van der Waals surface area contributed by atoms with Crippen molar-refractivity contribution >= 4 is 12.1 Å². The number of nitrogens with one attached hydrogen (secondary N) is 2. The molecule has 1 amide bonds. The van der Waals surface area contributed by atoms with Crippen LogP contribution in [0.3, 0.4) is 0 Å². The fourth-order valence-electron chi connectivity index (χ4n) is 4.62. The maximum atomic E-state index is 12.1. The van der Waals surface area contributed by atoms with Crippen LogP contribution in [0.2, 0.25) is 0 Å². The number of ether oxygens (including phenoxy) is 3. The fraction of sp³-hybridized carbons (Fsp3) is 0.875. The van der Waals surface area contributed by atoms with Crippen LogP contribution in [0.1, 0.15) is 19.3 Å². The Kier molecular flexibility index (Phi) is 4.14. The zero-order chi connectivity index (χ0) is 16.7. The number of amides is 1. The quantitative estimate of drug-likeness (QED) is 0.667. The van der Waals surface area contributed by atoms with Crippen LogP contribution in [0.25, 0.3) is 0 Å². The molecule has 134 valence electrons. The summed E-state index contributed by atoms with van der Waals surface area (Å²) >= 11 is 0. The zero-order valence-electron chi connectivity index (χ0n) is 14.0. The highest BCUT2D eigenvalue weighted by atomic mass is 16.6. The Morgan fingerprint density at radius 3 is 2.75 bits per heavy atom. The van der Waals surface area contributed by atoms with Crippen molar-refractivity contribution in [1.82, 2.24) is 15.5 Å². The average Bonchev–Trinajstić information content (AvgIpc) is 2.94. The normalized spacial score (nSPS) is 38.5. The first-order valence-electron chi connectivity index (χ1n) is 8.73. The maximum Gasteiger partial charge on any atom is 0.407 e. The number of piperidine rings is 2. The molecule has 0 aromatic carbocycles. The predicted octanol–water partition coefficient (Wildman–Crippen LogP) is -0.316. The van der Waals surface area contributed by atoms with E-state index < -0.39 is 0 Å². The molecule has 4 aliphatic heterocycles. The van der Waals surface area contributed by atoms with Crippen molar-refractivity contribution < 1.29 is 23.8 Å². The van der Waals surface area contributed by atoms with E-state index in [1.807, 2.05) is 0 Å². The van der Waals surface area contributed by atoms with Gasteiger partial charge in [0.15, 0.2) is 0 Å². The molecule has 0 radical (unpaired) electrons. The Balaban J connectivity index is 1.39. The fourth-order valence-corrected chi connectivity index (χ4v) is 4.62. The molecule has 8 heteroatoms. The first kappa shape index (κ1) is 16.1. The summed E-state index contributed by atoms with van der Waals surface area (Å²) in [6.45, 7) is 3.55. The van der Waals surface area contributed by atoms with E-state index in [4.69, 9.17) is 14.2 Å². The van der Waals surface area contributed by atoms with Crippen LogP contribution in [0.4, 0.5) is 4.79 Å². The van der Waals surface area contributed by atoms with E-state index >= 15 is 0 Å². The number of hydrogen-bond acceptors (Lipinski definition) is 7. The van der Waals surface area contributed by atoms with Gasteiger partial charge in [0, 0.05) is 32.0 Å². The van der Waals surface area contributed by atoms with Crippen LogP contribution in [0.5, 0.6) is 0 Å². The summed E-state index contributed by atoms with van der Waals surface area (Å²) < 4.78 is 16.1. The summed E-state index contributed by atoms with van der Waals surface area (Å²) in [5.74, 6) is -0.0544. The molecule has 4 atom stereocenters. The summed E-state index contributed by atoms with van der Waals surface area (Å²) in [6.07, 6.45) is 2.51. The molecule has 2 bridgehead atoms. The number of rotatable bonds is 2. The van der Waals surface area contributed by atoms with Crippen molar-refractivity contribution in [1.29, 1.82) is 0 Å². The summed E-state index contributed by atoms with van der Waals surface area (Å²) in [4.78, 5) is 25.8. The molecule has 4 unspecified atom stereocenters. The van der Waals surface area contributed by atoms with E-state index in [0.29, 0.717) is 19.8 Å². The van der Waals surface area contributed by atoms with Gasteiger partial charge in [-0.2, -0.15) is 0 Å². The summed E-state index contributed by atoms with van der Waals surface area (Å²) in [7, 11) is 1.45. The molecule has 2 N–H and O–H groups in total. The van der Waals surface area contributed by atoms with Gasteiger partial charge in [-0.15, -0.1) is 0 Å². The van der Waals surface area contributed by atoms with Gasteiger partial charge in [-0.3, -0.25) is 15.0 Å². The standard InChI is InChI=1S/C16H25N3O5/c1-22-14(20)13-10-6-12(18-11(13)8-23-7-10)19-4-2-16(3-5-19)9-17-15(21)24-16/h10-13,18H,2-9H2,1H3,(H,17,21). The van der Waals surface area contributed by atoms with E-state index in [1.165, 1.54) is 7.11 Å². The van der Waals surface area contributed by atoms with Gasteiger partial charge in [0.05, 0.1) is 39.0 Å². The third-order valence-electron chi connectivity index (χ3n) is 5.99. The molecule has 0 saturated carbocycles. The lowest BCUT2D eigenvalue weighted by atomic mass is 9.78. The number of carbonyl (C=O) groups is 2. The van der Waals surface area contributed by atoms with Gasteiger partial charge in [0.2, 0.25) is 0 Å². The van der Waals surface area contributed by atoms with Crippen LogP contribution in [-0.4, -0.2) is 74.7 Å². The average molecular weight is 339 g/mol. The molecular formula is C16H25N3O5.